The summed E-state index contributed by atoms with van der Waals surface area (Å²) >= 11 is 0. The van der Waals surface area contributed by atoms with E-state index in [1.54, 1.807) is 60.7 Å². The molecule has 0 radical (unpaired) electrons. The molecule has 0 unspecified atom stereocenters. The van der Waals surface area contributed by atoms with Gasteiger partial charge in [-0.25, -0.2) is 24.8 Å². The fraction of sp³-hybridized carbons (Fsp3) is 0.125. The molecule has 0 atom stereocenters. The molecule has 0 aliphatic carbocycles. The van der Waals surface area contributed by atoms with E-state index in [1.807, 2.05) is 62.4 Å². The van der Waals surface area contributed by atoms with Crippen LogP contribution in [0.4, 0.5) is 0 Å². The van der Waals surface area contributed by atoms with Crippen molar-refractivity contribution in [3.8, 4) is 0 Å². The lowest BCUT2D eigenvalue weighted by Gasteiger charge is -2.15. The van der Waals surface area contributed by atoms with Gasteiger partial charge >= 0.3 is 0 Å². The van der Waals surface area contributed by atoms with E-state index in [0.29, 0.717) is 35.3 Å². The minimum absolute atomic E-state index is 0.203. The van der Waals surface area contributed by atoms with Crippen molar-refractivity contribution in [1.29, 1.82) is 0 Å². The summed E-state index contributed by atoms with van der Waals surface area (Å²) in [5.74, 6) is 0. The average Bonchev–Trinajstić information content (AvgIpc) is 3.44. The fourth-order valence-electron chi connectivity index (χ4n) is 5.60. The van der Waals surface area contributed by atoms with Crippen molar-refractivity contribution in [3.63, 3.8) is 0 Å². The van der Waals surface area contributed by atoms with Crippen molar-refractivity contribution in [2.45, 2.75) is 36.5 Å². The second-order valence-electron chi connectivity index (χ2n) is 9.84. The molecule has 0 spiro atoms. The zero-order valence-corrected chi connectivity index (χ0v) is 23.8. The van der Waals surface area contributed by atoms with Gasteiger partial charge < -0.3 is 0 Å². The smallest absolute Gasteiger partial charge is 0.238 e. The molecule has 2 heterocycles. The number of fused-ring (bicyclic) bond motifs is 2. The van der Waals surface area contributed by atoms with Crippen LogP contribution in [0.1, 0.15) is 22.5 Å². The molecule has 0 aliphatic heterocycles. The number of aromatic nitrogens is 2. The van der Waals surface area contributed by atoms with Crippen molar-refractivity contribution in [1.82, 2.24) is 7.94 Å². The highest BCUT2D eigenvalue weighted by molar-refractivity contribution is 7.90. The molecule has 0 bridgehead atoms. The lowest BCUT2D eigenvalue weighted by Crippen LogP contribution is -2.19. The molecule has 0 saturated heterocycles. The van der Waals surface area contributed by atoms with E-state index < -0.39 is 20.0 Å². The normalized spacial score (nSPS) is 12.3. The Kier molecular flexibility index (Phi) is 6.40. The first-order chi connectivity index (χ1) is 19.2. The van der Waals surface area contributed by atoms with Crippen LogP contribution in [0.25, 0.3) is 21.8 Å². The number of hydrogen-bond acceptors (Lipinski definition) is 4. The third-order valence-electron chi connectivity index (χ3n) is 7.57. The van der Waals surface area contributed by atoms with Crippen LogP contribution in [0.3, 0.4) is 0 Å². The summed E-state index contributed by atoms with van der Waals surface area (Å²) in [4.78, 5) is 0.405. The van der Waals surface area contributed by atoms with E-state index in [4.69, 9.17) is 0 Å². The van der Waals surface area contributed by atoms with Crippen molar-refractivity contribution >= 4 is 41.9 Å². The molecular weight excluding hydrogens is 540 g/mol. The topological polar surface area (TPSA) is 78.1 Å². The first-order valence-corrected chi connectivity index (χ1v) is 15.9. The molecule has 0 aliphatic rings. The number of rotatable bonds is 7. The molecule has 0 fully saturated rings. The summed E-state index contributed by atoms with van der Waals surface area (Å²) < 4.78 is 58.8. The SMILES string of the molecule is Cc1c(CCc2c(C)c3ccccc3n2S(=O)(=O)c2ccccc2)n(S(=O)(=O)c2ccccc2)c2ccccc12. The minimum Gasteiger partial charge on any atom is -0.238 e. The Hall–Kier alpha value is -4.14. The summed E-state index contributed by atoms with van der Waals surface area (Å²) in [6, 6.07) is 31.7. The summed E-state index contributed by atoms with van der Waals surface area (Å²) in [5, 5.41) is 1.71. The molecule has 6 rings (SSSR count). The Morgan fingerprint density at radius 3 is 1.18 bits per heavy atom. The van der Waals surface area contributed by atoms with Crippen LogP contribution in [0.2, 0.25) is 0 Å². The third-order valence-corrected chi connectivity index (χ3v) is 11.1. The first-order valence-electron chi connectivity index (χ1n) is 13.0. The van der Waals surface area contributed by atoms with Crippen LogP contribution < -0.4 is 0 Å². The number of nitrogens with zero attached hydrogens (tertiary/aromatic N) is 2. The Morgan fingerprint density at radius 1 is 0.475 bits per heavy atom. The van der Waals surface area contributed by atoms with E-state index in [2.05, 4.69) is 0 Å². The number of hydrogen-bond donors (Lipinski definition) is 0. The van der Waals surface area contributed by atoms with E-state index in [0.717, 1.165) is 21.9 Å². The van der Waals surface area contributed by atoms with Gasteiger partial charge in [0.1, 0.15) is 0 Å². The van der Waals surface area contributed by atoms with Crippen molar-refractivity contribution in [2.75, 3.05) is 0 Å². The summed E-state index contributed by atoms with van der Waals surface area (Å²) in [6.45, 7) is 3.86. The van der Waals surface area contributed by atoms with Gasteiger partial charge in [0.25, 0.3) is 20.0 Å². The predicted octanol–water partition coefficient (Wildman–Crippen LogP) is 6.47. The summed E-state index contributed by atoms with van der Waals surface area (Å²) in [5.41, 5.74) is 4.21. The standard InChI is InChI=1S/C32H28N2O4S2/c1-23-27-17-9-11-19-31(27)33(39(35,36)25-13-5-3-6-14-25)29(23)21-22-30-24(2)28-18-10-12-20-32(28)34(30)40(37,38)26-15-7-4-8-16-26/h3-20H,21-22H2,1-2H3. The molecule has 0 amide bonds. The van der Waals surface area contributed by atoms with Crippen LogP contribution in [0, 0.1) is 13.8 Å². The zero-order valence-electron chi connectivity index (χ0n) is 22.2. The van der Waals surface area contributed by atoms with Gasteiger partial charge in [-0.1, -0.05) is 72.8 Å². The molecule has 0 N–H and O–H groups in total. The number of aryl methyl sites for hydroxylation is 2. The van der Waals surface area contributed by atoms with Crippen LogP contribution in [0.15, 0.2) is 119 Å². The van der Waals surface area contributed by atoms with Gasteiger partial charge in [-0.05, 0) is 74.2 Å². The molecule has 8 heteroatoms. The highest BCUT2D eigenvalue weighted by Crippen LogP contribution is 2.34. The fourth-order valence-corrected chi connectivity index (χ4v) is 8.90. The molecule has 4 aromatic carbocycles. The van der Waals surface area contributed by atoms with Gasteiger partial charge in [0.15, 0.2) is 0 Å². The Labute approximate surface area is 234 Å². The molecule has 40 heavy (non-hydrogen) atoms. The Morgan fingerprint density at radius 2 is 0.800 bits per heavy atom. The van der Waals surface area contributed by atoms with Gasteiger partial charge in [-0.3, -0.25) is 0 Å². The number of para-hydroxylation sites is 2. The van der Waals surface area contributed by atoms with Crippen LogP contribution >= 0.6 is 0 Å². The van der Waals surface area contributed by atoms with Crippen LogP contribution in [0.5, 0.6) is 0 Å². The lowest BCUT2D eigenvalue weighted by atomic mass is 10.1. The average molecular weight is 569 g/mol. The Bertz CT molecular complexity index is 1940. The molecule has 2 aromatic heterocycles. The monoisotopic (exact) mass is 568 g/mol. The van der Waals surface area contributed by atoms with Crippen molar-refractivity contribution in [2.24, 2.45) is 0 Å². The van der Waals surface area contributed by atoms with Crippen LogP contribution in [-0.2, 0) is 32.9 Å². The van der Waals surface area contributed by atoms with E-state index in [9.17, 15) is 16.8 Å². The second kappa shape index (κ2) is 9.80. The van der Waals surface area contributed by atoms with Gasteiger partial charge in [0.2, 0.25) is 0 Å². The number of benzene rings is 4. The minimum atomic E-state index is -3.90. The van der Waals surface area contributed by atoms with Crippen molar-refractivity contribution in [3.05, 3.63) is 132 Å². The lowest BCUT2D eigenvalue weighted by molar-refractivity contribution is 0.582. The van der Waals surface area contributed by atoms with E-state index in [-0.39, 0.29) is 9.79 Å². The molecule has 6 nitrogen and oxygen atoms in total. The summed E-state index contributed by atoms with van der Waals surface area (Å²) in [7, 11) is -7.81. The van der Waals surface area contributed by atoms with E-state index in [1.165, 1.54) is 7.94 Å². The maximum absolute atomic E-state index is 14.0. The highest BCUT2D eigenvalue weighted by atomic mass is 32.2. The molecule has 202 valence electrons. The molecule has 0 saturated carbocycles. The van der Waals surface area contributed by atoms with Gasteiger partial charge in [-0.15, -0.1) is 0 Å². The predicted molar refractivity (Wildman–Crippen MR) is 159 cm³/mol. The first kappa shape index (κ1) is 26.1. The zero-order chi connectivity index (χ0) is 28.1. The Balaban J connectivity index is 1.54. The quantitative estimate of drug-likeness (QED) is 0.221. The van der Waals surface area contributed by atoms with Crippen LogP contribution in [-0.4, -0.2) is 24.8 Å². The third kappa shape index (κ3) is 4.06. The maximum Gasteiger partial charge on any atom is 0.268 e. The van der Waals surface area contributed by atoms with Gasteiger partial charge in [0, 0.05) is 22.2 Å². The molecular formula is C32H28N2O4S2. The van der Waals surface area contributed by atoms with E-state index >= 15 is 0 Å². The van der Waals surface area contributed by atoms with Gasteiger partial charge in [0.05, 0.1) is 20.8 Å². The summed E-state index contributed by atoms with van der Waals surface area (Å²) in [6.07, 6.45) is 0.655. The van der Waals surface area contributed by atoms with Crippen molar-refractivity contribution < 1.29 is 16.8 Å². The maximum atomic E-state index is 14.0. The van der Waals surface area contributed by atoms with Gasteiger partial charge in [-0.2, -0.15) is 0 Å². The largest absolute Gasteiger partial charge is 0.268 e. The second-order valence-corrected chi connectivity index (χ2v) is 13.4. The molecule has 6 aromatic rings. The highest BCUT2D eigenvalue weighted by Gasteiger charge is 2.28.